The Labute approximate surface area is 262 Å². The number of fused-ring (bicyclic) bond motifs is 2. The summed E-state index contributed by atoms with van der Waals surface area (Å²) in [6, 6.07) is 14.7. The van der Waals surface area contributed by atoms with E-state index in [0.29, 0.717) is 61.1 Å². The van der Waals surface area contributed by atoms with Gasteiger partial charge in [-0.2, -0.15) is 15.0 Å². The highest BCUT2D eigenvalue weighted by Crippen LogP contribution is 2.34. The molecular formula is C32H39N9O4. The largest absolute Gasteiger partial charge is 0.378 e. The number of rotatable bonds is 6. The lowest BCUT2D eigenvalue weighted by molar-refractivity contribution is 0.0664. The predicted octanol–water partition coefficient (Wildman–Crippen LogP) is 2.77. The standard InChI is InChI=1S/C32H39N9O4/c1-38-12-14-39(15-13-38)29(42)23-4-8-25(9-5-23)34-32(43)33-24-6-2-22(3-7-24)28-35-30(40-16-18-44-19-17-40)37-31(36-28)41-26-10-11-27(41)21-45-20-26/h2-9,26-27H,10-21H2,1H3,(H2,33,34,43). The van der Waals surface area contributed by atoms with Crippen LogP contribution in [0.4, 0.5) is 28.1 Å². The highest BCUT2D eigenvalue weighted by molar-refractivity contribution is 6.00. The third-order valence-electron chi connectivity index (χ3n) is 8.96. The van der Waals surface area contributed by atoms with Crippen LogP contribution in [0.15, 0.2) is 48.5 Å². The maximum Gasteiger partial charge on any atom is 0.323 e. The van der Waals surface area contributed by atoms with E-state index >= 15 is 0 Å². The topological polar surface area (TPSA) is 128 Å². The Morgan fingerprint density at radius 2 is 1.33 bits per heavy atom. The lowest BCUT2D eigenvalue weighted by atomic mass is 10.1. The van der Waals surface area contributed by atoms with Gasteiger partial charge in [-0.25, -0.2) is 4.79 Å². The van der Waals surface area contributed by atoms with Crippen LogP contribution in [-0.2, 0) is 9.47 Å². The second-order valence-electron chi connectivity index (χ2n) is 12.0. The summed E-state index contributed by atoms with van der Waals surface area (Å²) in [5.41, 5.74) is 2.68. The molecule has 4 fully saturated rings. The van der Waals surface area contributed by atoms with Crippen molar-refractivity contribution < 1.29 is 19.1 Å². The van der Waals surface area contributed by atoms with Gasteiger partial charge in [-0.3, -0.25) is 4.79 Å². The SMILES string of the molecule is CN1CCN(C(=O)c2ccc(NC(=O)Nc3ccc(-c4nc(N5CCOCC5)nc(N5C6CCC5COC6)n4)cc3)cc2)CC1. The molecule has 13 heteroatoms. The highest BCUT2D eigenvalue weighted by atomic mass is 16.5. The molecule has 1 aromatic heterocycles. The van der Waals surface area contributed by atoms with Gasteiger partial charge >= 0.3 is 6.03 Å². The normalized spacial score (nSPS) is 21.9. The molecule has 4 aliphatic rings. The van der Waals surface area contributed by atoms with Crippen molar-refractivity contribution in [1.29, 1.82) is 0 Å². The lowest BCUT2D eigenvalue weighted by Gasteiger charge is -2.35. The quantitative estimate of drug-likeness (QED) is 0.428. The zero-order valence-corrected chi connectivity index (χ0v) is 25.5. The first-order valence-corrected chi connectivity index (χ1v) is 15.7. The van der Waals surface area contributed by atoms with Crippen LogP contribution in [0.3, 0.4) is 0 Å². The summed E-state index contributed by atoms with van der Waals surface area (Å²) < 4.78 is 11.3. The minimum Gasteiger partial charge on any atom is -0.378 e. The third kappa shape index (κ3) is 6.56. The lowest BCUT2D eigenvalue weighted by Crippen LogP contribution is -2.47. The minimum absolute atomic E-state index is 0.0128. The van der Waals surface area contributed by atoms with Crippen molar-refractivity contribution in [2.24, 2.45) is 0 Å². The Kier molecular flexibility index (Phi) is 8.46. The summed E-state index contributed by atoms with van der Waals surface area (Å²) in [5.74, 6) is 1.95. The second-order valence-corrected chi connectivity index (χ2v) is 12.0. The molecular weight excluding hydrogens is 574 g/mol. The van der Waals surface area contributed by atoms with Crippen molar-refractivity contribution in [2.45, 2.75) is 24.9 Å². The molecule has 4 aliphatic heterocycles. The number of morpholine rings is 2. The van der Waals surface area contributed by atoms with Gasteiger partial charge in [0.2, 0.25) is 11.9 Å². The van der Waals surface area contributed by atoms with Gasteiger partial charge in [-0.05, 0) is 68.4 Å². The van der Waals surface area contributed by atoms with Crippen molar-refractivity contribution in [3.05, 3.63) is 54.1 Å². The van der Waals surface area contributed by atoms with Gasteiger partial charge in [0.1, 0.15) is 0 Å². The third-order valence-corrected chi connectivity index (χ3v) is 8.96. The van der Waals surface area contributed by atoms with Crippen molar-refractivity contribution in [3.8, 4) is 11.4 Å². The molecule has 0 radical (unpaired) electrons. The molecule has 0 spiro atoms. The first-order chi connectivity index (χ1) is 22.0. The second kappa shape index (κ2) is 13.0. The van der Waals surface area contributed by atoms with Crippen LogP contribution < -0.4 is 20.4 Å². The van der Waals surface area contributed by atoms with E-state index in [1.54, 1.807) is 24.3 Å². The van der Waals surface area contributed by atoms with E-state index in [9.17, 15) is 9.59 Å². The predicted molar refractivity (Wildman–Crippen MR) is 171 cm³/mol. The Balaban J connectivity index is 1.02. The maximum atomic E-state index is 12.8. The summed E-state index contributed by atoms with van der Waals surface area (Å²) in [6.45, 7) is 7.28. The van der Waals surface area contributed by atoms with E-state index in [-0.39, 0.29) is 24.0 Å². The van der Waals surface area contributed by atoms with E-state index < -0.39 is 0 Å². The molecule has 236 valence electrons. The van der Waals surface area contributed by atoms with E-state index in [1.165, 1.54) is 0 Å². The molecule has 3 aromatic rings. The molecule has 3 amide bonds. The van der Waals surface area contributed by atoms with Crippen LogP contribution in [0.1, 0.15) is 23.2 Å². The number of hydrogen-bond acceptors (Lipinski definition) is 10. The van der Waals surface area contributed by atoms with Gasteiger partial charge in [0, 0.05) is 61.8 Å². The number of nitrogens with one attached hydrogen (secondary N) is 2. The van der Waals surface area contributed by atoms with Gasteiger partial charge in [0.25, 0.3) is 5.91 Å². The van der Waals surface area contributed by atoms with Gasteiger partial charge in [-0.1, -0.05) is 0 Å². The molecule has 2 aromatic carbocycles. The van der Waals surface area contributed by atoms with Crippen LogP contribution in [0, 0.1) is 0 Å². The molecule has 0 saturated carbocycles. The molecule has 2 bridgehead atoms. The van der Waals surface area contributed by atoms with E-state index in [0.717, 1.165) is 57.7 Å². The number of piperazine rings is 1. The Morgan fingerprint density at radius 3 is 1.98 bits per heavy atom. The number of nitrogens with zero attached hydrogens (tertiary/aromatic N) is 7. The number of carbonyl (C=O) groups is 2. The highest BCUT2D eigenvalue weighted by Gasteiger charge is 2.39. The van der Waals surface area contributed by atoms with E-state index in [4.69, 9.17) is 24.4 Å². The number of carbonyl (C=O) groups excluding carboxylic acids is 2. The van der Waals surface area contributed by atoms with Crippen LogP contribution >= 0.6 is 0 Å². The van der Waals surface area contributed by atoms with Crippen molar-refractivity contribution in [1.82, 2.24) is 24.8 Å². The molecule has 4 saturated heterocycles. The fourth-order valence-electron chi connectivity index (χ4n) is 6.34. The number of ether oxygens (including phenoxy) is 2. The fraction of sp³-hybridized carbons (Fsp3) is 0.469. The van der Waals surface area contributed by atoms with Crippen molar-refractivity contribution in [3.63, 3.8) is 0 Å². The molecule has 5 heterocycles. The Hall–Kier alpha value is -4.33. The number of benzene rings is 2. The van der Waals surface area contributed by atoms with Crippen molar-refractivity contribution in [2.75, 3.05) is 93.2 Å². The molecule has 2 unspecified atom stereocenters. The van der Waals surface area contributed by atoms with Gasteiger partial charge in [0.05, 0.1) is 38.5 Å². The number of aromatic nitrogens is 3. The molecule has 0 aliphatic carbocycles. The number of anilines is 4. The van der Waals surface area contributed by atoms with Gasteiger partial charge < -0.3 is 39.7 Å². The van der Waals surface area contributed by atoms with Crippen LogP contribution in [0.25, 0.3) is 11.4 Å². The summed E-state index contributed by atoms with van der Waals surface area (Å²) in [4.78, 5) is 48.8. The first-order valence-electron chi connectivity index (χ1n) is 15.7. The summed E-state index contributed by atoms with van der Waals surface area (Å²) in [7, 11) is 2.06. The maximum absolute atomic E-state index is 12.8. The summed E-state index contributed by atoms with van der Waals surface area (Å²) in [6.07, 6.45) is 2.14. The monoisotopic (exact) mass is 613 g/mol. The number of likely N-dealkylation sites (N-methyl/N-ethyl adjacent to an activating group) is 1. The van der Waals surface area contributed by atoms with Crippen LogP contribution in [-0.4, -0.2) is 122 Å². The molecule has 7 rings (SSSR count). The molecule has 2 atom stereocenters. The number of urea groups is 1. The Morgan fingerprint density at radius 1 is 0.733 bits per heavy atom. The van der Waals surface area contributed by atoms with Crippen LogP contribution in [0.2, 0.25) is 0 Å². The number of hydrogen-bond donors (Lipinski definition) is 2. The van der Waals surface area contributed by atoms with E-state index in [2.05, 4.69) is 32.4 Å². The molecule has 2 N–H and O–H groups in total. The first kappa shape index (κ1) is 29.4. The smallest absolute Gasteiger partial charge is 0.323 e. The van der Waals surface area contributed by atoms with Gasteiger partial charge in [0.15, 0.2) is 5.82 Å². The molecule has 13 nitrogen and oxygen atoms in total. The average molecular weight is 614 g/mol. The van der Waals surface area contributed by atoms with E-state index in [1.807, 2.05) is 29.2 Å². The molecule has 45 heavy (non-hydrogen) atoms. The average Bonchev–Trinajstić information content (AvgIpc) is 3.33. The fourth-order valence-corrected chi connectivity index (χ4v) is 6.34. The summed E-state index contributed by atoms with van der Waals surface area (Å²) >= 11 is 0. The number of amides is 3. The van der Waals surface area contributed by atoms with Gasteiger partial charge in [-0.15, -0.1) is 0 Å². The summed E-state index contributed by atoms with van der Waals surface area (Å²) in [5, 5.41) is 5.72. The minimum atomic E-state index is -0.374. The van der Waals surface area contributed by atoms with Crippen molar-refractivity contribution >= 4 is 35.2 Å². The Bertz CT molecular complexity index is 1490. The zero-order chi connectivity index (χ0) is 30.8. The van der Waals surface area contributed by atoms with Crippen LogP contribution in [0.5, 0.6) is 0 Å². The zero-order valence-electron chi connectivity index (χ0n) is 25.5.